The molecular weight excluding hydrogens is 190 g/mol. The van der Waals surface area contributed by atoms with Crippen molar-refractivity contribution in [1.82, 2.24) is 0 Å². The summed E-state index contributed by atoms with van der Waals surface area (Å²) in [5.74, 6) is -5.20. The summed E-state index contributed by atoms with van der Waals surface area (Å²) in [6, 6.07) is 0. The van der Waals surface area contributed by atoms with E-state index in [-0.39, 0.29) is 59.1 Å². The Bertz CT molecular complexity index is 140. The van der Waals surface area contributed by atoms with Gasteiger partial charge in [0.15, 0.2) is 0 Å². The van der Waals surface area contributed by atoms with Crippen LogP contribution in [-0.2, 0) is 14.4 Å². The van der Waals surface area contributed by atoms with Gasteiger partial charge in [-0.05, 0) is 0 Å². The molecule has 0 bridgehead atoms. The number of carbonyl (C=O) groups excluding carboxylic acids is 2. The molecule has 0 unspecified atom stereocenters. The van der Waals surface area contributed by atoms with Crippen molar-refractivity contribution in [2.24, 2.45) is 0 Å². The summed E-state index contributed by atoms with van der Waals surface area (Å²) in [4.78, 5) is 26.9. The molecule has 0 radical (unpaired) electrons. The Hall–Kier alpha value is 0.410. The smallest absolute Gasteiger partial charge is 0.543 e. The molecule has 8 heteroatoms. The molecule has 0 saturated heterocycles. The Labute approximate surface area is 113 Å². The first-order chi connectivity index (χ1) is 4.37. The quantitative estimate of drug-likeness (QED) is 0.302. The van der Waals surface area contributed by atoms with Gasteiger partial charge >= 0.3 is 59.1 Å². The topological polar surface area (TPSA) is 118 Å². The summed E-state index contributed by atoms with van der Waals surface area (Å²) < 4.78 is 0. The van der Waals surface area contributed by atoms with Crippen molar-refractivity contribution in [1.29, 1.82) is 0 Å². The molecule has 1 N–H and O–H groups in total. The molecule has 0 aliphatic heterocycles. The molecule has 58 valence electrons. The number of carboxylic acid groups (broad SMARTS) is 3. The fourth-order valence-corrected chi connectivity index (χ4v) is 0. The van der Waals surface area contributed by atoms with Crippen LogP contribution in [0.15, 0.2) is 0 Å². The van der Waals surface area contributed by atoms with Gasteiger partial charge in [0.2, 0.25) is 0 Å². The summed E-state index contributed by atoms with van der Waals surface area (Å²) in [6.07, 6.45) is 0. The van der Waals surface area contributed by atoms with E-state index in [1.165, 1.54) is 0 Å². The monoisotopic (exact) mass is 194 g/mol. The Morgan fingerprint density at radius 2 is 1.08 bits per heavy atom. The first-order valence-corrected chi connectivity index (χ1v) is 1.99. The second-order valence-corrected chi connectivity index (χ2v) is 1.09. The molecule has 12 heavy (non-hydrogen) atoms. The number of carboxylic acids is 3. The fraction of sp³-hybridized carbons (Fsp3) is 0.250. The standard InChI is InChI=1S/C2H2O4.C2H4O2.2Na/c3-1(4)2(5)6;1-2(3)4;;/h(H,3,4)(H,5,6);1H3,(H,3,4);;/q;;2*+1/p-2. The Balaban J connectivity index is -0.0000000483. The first kappa shape index (κ1) is 22.8. The molecule has 0 rings (SSSR count). The second-order valence-electron chi connectivity index (χ2n) is 1.09. The number of aliphatic carboxylic acids is 3. The van der Waals surface area contributed by atoms with Gasteiger partial charge in [-0.25, -0.2) is 0 Å². The molecule has 0 aliphatic rings. The van der Waals surface area contributed by atoms with Crippen LogP contribution in [0.2, 0.25) is 0 Å². The molecule has 0 amide bonds. The minimum Gasteiger partial charge on any atom is -0.543 e. The van der Waals surface area contributed by atoms with Crippen molar-refractivity contribution in [2.75, 3.05) is 0 Å². The van der Waals surface area contributed by atoms with Crippen LogP contribution in [0.1, 0.15) is 6.92 Å². The largest absolute Gasteiger partial charge is 1.00 e. The van der Waals surface area contributed by atoms with E-state index in [1.807, 2.05) is 0 Å². The third kappa shape index (κ3) is 47.4. The van der Waals surface area contributed by atoms with Gasteiger partial charge in [-0.15, -0.1) is 0 Å². The predicted molar refractivity (Wildman–Crippen MR) is 23.3 cm³/mol. The third-order valence-corrected chi connectivity index (χ3v) is 0.167. The summed E-state index contributed by atoms with van der Waals surface area (Å²) in [5, 5.41) is 25.3. The Morgan fingerprint density at radius 1 is 1.00 bits per heavy atom. The van der Waals surface area contributed by atoms with E-state index >= 15 is 0 Å². The van der Waals surface area contributed by atoms with E-state index in [9.17, 15) is 0 Å². The van der Waals surface area contributed by atoms with E-state index in [2.05, 4.69) is 0 Å². The zero-order chi connectivity index (χ0) is 8.73. The van der Waals surface area contributed by atoms with Crippen molar-refractivity contribution in [2.45, 2.75) is 6.92 Å². The van der Waals surface area contributed by atoms with E-state index < -0.39 is 17.9 Å². The van der Waals surface area contributed by atoms with E-state index in [4.69, 9.17) is 29.7 Å². The summed E-state index contributed by atoms with van der Waals surface area (Å²) >= 11 is 0. The van der Waals surface area contributed by atoms with Crippen molar-refractivity contribution in [3.8, 4) is 0 Å². The van der Waals surface area contributed by atoms with Gasteiger partial charge in [-0.2, -0.15) is 0 Å². The number of hydrogen-bond acceptors (Lipinski definition) is 5. The number of hydrogen-bond donors (Lipinski definition) is 1. The van der Waals surface area contributed by atoms with Gasteiger partial charge in [0, 0.05) is 6.92 Å². The van der Waals surface area contributed by atoms with Crippen molar-refractivity contribution < 1.29 is 88.8 Å². The molecule has 0 aromatic rings. The van der Waals surface area contributed by atoms with Gasteiger partial charge in [0.25, 0.3) is 5.97 Å². The summed E-state index contributed by atoms with van der Waals surface area (Å²) in [7, 11) is 0. The van der Waals surface area contributed by atoms with Crippen LogP contribution >= 0.6 is 0 Å². The minimum absolute atomic E-state index is 0. The van der Waals surface area contributed by atoms with E-state index in [0.717, 1.165) is 6.92 Å². The molecule has 0 spiro atoms. The maximum Gasteiger partial charge on any atom is 1.00 e. The predicted octanol–water partition coefficient (Wildman–Crippen LogP) is -9.41. The van der Waals surface area contributed by atoms with Crippen LogP contribution in [0.3, 0.4) is 0 Å². The number of carbonyl (C=O) groups is 3. The average Bonchev–Trinajstić information content (AvgIpc) is 1.63. The normalized spacial score (nSPS) is 5.75. The maximum absolute atomic E-state index is 9.00. The molecule has 0 atom stereocenters. The molecule has 0 aromatic heterocycles. The summed E-state index contributed by atoms with van der Waals surface area (Å²) in [5.41, 5.74) is 0. The molecule has 6 nitrogen and oxygen atoms in total. The van der Waals surface area contributed by atoms with Gasteiger partial charge in [-0.3, -0.25) is 4.79 Å². The second kappa shape index (κ2) is 14.0. The number of rotatable bonds is 0. The van der Waals surface area contributed by atoms with Crippen LogP contribution in [0.4, 0.5) is 0 Å². The minimum atomic E-state index is -2.19. The van der Waals surface area contributed by atoms with E-state index in [0.29, 0.717) is 0 Å². The molecule has 0 aliphatic carbocycles. The third-order valence-electron chi connectivity index (χ3n) is 0.167. The van der Waals surface area contributed by atoms with Crippen LogP contribution in [0.25, 0.3) is 0 Å². The molecule has 0 aromatic carbocycles. The van der Waals surface area contributed by atoms with Gasteiger partial charge in [-0.1, -0.05) is 0 Å². The maximum atomic E-state index is 9.00. The Morgan fingerprint density at radius 3 is 1.08 bits per heavy atom. The molecule has 0 saturated carbocycles. The van der Waals surface area contributed by atoms with Gasteiger partial charge in [0.05, 0.1) is 11.9 Å². The molecule has 0 fully saturated rings. The van der Waals surface area contributed by atoms with Crippen LogP contribution in [-0.4, -0.2) is 23.0 Å². The van der Waals surface area contributed by atoms with Crippen molar-refractivity contribution in [3.05, 3.63) is 0 Å². The summed E-state index contributed by atoms with van der Waals surface area (Å²) in [6.45, 7) is 1.08. The van der Waals surface area contributed by atoms with E-state index in [1.54, 1.807) is 0 Å². The fourth-order valence-electron chi connectivity index (χ4n) is 0. The van der Waals surface area contributed by atoms with Gasteiger partial charge in [0.1, 0.15) is 0 Å². The zero-order valence-corrected chi connectivity index (χ0v) is 11.0. The first-order valence-electron chi connectivity index (χ1n) is 1.99. The molecule has 0 heterocycles. The van der Waals surface area contributed by atoms with Gasteiger partial charge < -0.3 is 24.9 Å². The molecular formula is C4H4Na2O6. The van der Waals surface area contributed by atoms with Crippen molar-refractivity contribution >= 4 is 17.9 Å². The van der Waals surface area contributed by atoms with Crippen LogP contribution in [0.5, 0.6) is 0 Å². The Kier molecular flexibility index (Phi) is 26.6. The zero-order valence-electron chi connectivity index (χ0n) is 6.99. The van der Waals surface area contributed by atoms with Crippen molar-refractivity contribution in [3.63, 3.8) is 0 Å². The van der Waals surface area contributed by atoms with Crippen LogP contribution < -0.4 is 69.3 Å². The van der Waals surface area contributed by atoms with Crippen LogP contribution in [0, 0.1) is 0 Å². The average molecular weight is 194 g/mol. The SMILES string of the molecule is CC(=O)O.O=C([O-])C(=O)[O-].[Na+].[Na+].